The molecule has 35 heavy (non-hydrogen) atoms. The Balaban J connectivity index is 1.41. The molecule has 3 aromatic rings. The third-order valence-electron chi connectivity index (χ3n) is 6.40. The third kappa shape index (κ3) is 6.01. The van der Waals surface area contributed by atoms with Crippen molar-refractivity contribution in [2.24, 2.45) is 5.92 Å². The first-order valence-electron chi connectivity index (χ1n) is 12.0. The molecular formula is C27H31N3O5. The van der Waals surface area contributed by atoms with Gasteiger partial charge in [0.2, 0.25) is 5.91 Å². The average Bonchev–Trinajstić information content (AvgIpc) is 3.56. The fourth-order valence-corrected chi connectivity index (χ4v) is 4.51. The summed E-state index contributed by atoms with van der Waals surface area (Å²) in [6.45, 7) is 2.10. The van der Waals surface area contributed by atoms with E-state index in [9.17, 15) is 14.4 Å². The lowest BCUT2D eigenvalue weighted by Crippen LogP contribution is -2.50. The van der Waals surface area contributed by atoms with Gasteiger partial charge in [-0.1, -0.05) is 37.5 Å². The SMILES string of the molecule is CNC(=O)[C@@H](NC(=O)c1ccc(-c2cccc(CNC(=O)c3ccc(C)o3)c2)o1)C1CCCCC1. The number of furan rings is 2. The van der Waals surface area contributed by atoms with Crippen LogP contribution in [0.4, 0.5) is 0 Å². The highest BCUT2D eigenvalue weighted by atomic mass is 16.4. The number of amides is 3. The molecule has 1 atom stereocenters. The van der Waals surface area contributed by atoms with Gasteiger partial charge in [0, 0.05) is 19.2 Å². The van der Waals surface area contributed by atoms with Crippen molar-refractivity contribution in [3.63, 3.8) is 0 Å². The first-order valence-corrected chi connectivity index (χ1v) is 12.0. The highest BCUT2D eigenvalue weighted by Crippen LogP contribution is 2.28. The lowest BCUT2D eigenvalue weighted by Gasteiger charge is -2.29. The summed E-state index contributed by atoms with van der Waals surface area (Å²) in [6.07, 6.45) is 5.14. The second kappa shape index (κ2) is 11.1. The molecular weight excluding hydrogens is 446 g/mol. The predicted octanol–water partition coefficient (Wildman–Crippen LogP) is 4.20. The number of hydrogen-bond donors (Lipinski definition) is 3. The summed E-state index contributed by atoms with van der Waals surface area (Å²) in [5, 5.41) is 8.38. The van der Waals surface area contributed by atoms with Crippen LogP contribution in [0.3, 0.4) is 0 Å². The van der Waals surface area contributed by atoms with Gasteiger partial charge in [0.25, 0.3) is 11.8 Å². The summed E-state index contributed by atoms with van der Waals surface area (Å²) < 4.78 is 11.2. The van der Waals surface area contributed by atoms with E-state index in [1.165, 1.54) is 0 Å². The number of rotatable bonds is 8. The second-order valence-corrected chi connectivity index (χ2v) is 8.92. The van der Waals surface area contributed by atoms with Gasteiger partial charge in [-0.3, -0.25) is 14.4 Å². The Morgan fingerprint density at radius 3 is 2.40 bits per heavy atom. The van der Waals surface area contributed by atoms with Crippen LogP contribution in [0.25, 0.3) is 11.3 Å². The van der Waals surface area contributed by atoms with Crippen molar-refractivity contribution >= 4 is 17.7 Å². The van der Waals surface area contributed by atoms with Crippen molar-refractivity contribution < 1.29 is 23.2 Å². The molecule has 0 unspecified atom stereocenters. The molecule has 0 aliphatic heterocycles. The van der Waals surface area contributed by atoms with Crippen LogP contribution < -0.4 is 16.0 Å². The maximum Gasteiger partial charge on any atom is 0.287 e. The minimum Gasteiger partial charge on any atom is -0.456 e. The molecule has 1 fully saturated rings. The van der Waals surface area contributed by atoms with Gasteiger partial charge in [0.15, 0.2) is 11.5 Å². The molecule has 1 aromatic carbocycles. The van der Waals surface area contributed by atoms with Crippen molar-refractivity contribution in [1.29, 1.82) is 0 Å². The summed E-state index contributed by atoms with van der Waals surface area (Å²) in [7, 11) is 1.58. The molecule has 3 amide bonds. The predicted molar refractivity (Wildman–Crippen MR) is 131 cm³/mol. The lowest BCUT2D eigenvalue weighted by atomic mass is 9.83. The average molecular weight is 478 g/mol. The summed E-state index contributed by atoms with van der Waals surface area (Å²) in [5.41, 5.74) is 1.65. The molecule has 1 saturated carbocycles. The zero-order chi connectivity index (χ0) is 24.8. The zero-order valence-electron chi connectivity index (χ0n) is 20.1. The van der Waals surface area contributed by atoms with E-state index in [0.29, 0.717) is 18.1 Å². The number of likely N-dealkylation sites (N-methyl/N-ethyl adjacent to an activating group) is 1. The molecule has 184 valence electrons. The molecule has 8 nitrogen and oxygen atoms in total. The van der Waals surface area contributed by atoms with Crippen molar-refractivity contribution in [2.75, 3.05) is 7.05 Å². The third-order valence-corrected chi connectivity index (χ3v) is 6.40. The number of carbonyl (C=O) groups is 3. The number of benzene rings is 1. The second-order valence-electron chi connectivity index (χ2n) is 8.92. The quantitative estimate of drug-likeness (QED) is 0.450. The molecule has 2 heterocycles. The molecule has 4 rings (SSSR count). The highest BCUT2D eigenvalue weighted by Gasteiger charge is 2.31. The molecule has 0 spiro atoms. The maximum atomic E-state index is 12.9. The van der Waals surface area contributed by atoms with E-state index >= 15 is 0 Å². The smallest absolute Gasteiger partial charge is 0.287 e. The van der Waals surface area contributed by atoms with E-state index in [-0.39, 0.29) is 29.3 Å². The lowest BCUT2D eigenvalue weighted by molar-refractivity contribution is -0.124. The molecule has 8 heteroatoms. The standard InChI is InChI=1S/C27H31N3O5/c1-17-11-12-22(34-17)25(31)29-16-18-7-6-10-20(15-18)21-13-14-23(35-21)26(32)30-24(27(33)28-2)19-8-4-3-5-9-19/h6-7,10-15,19,24H,3-5,8-9,16H2,1-2H3,(H,28,33)(H,29,31)(H,30,32)/t24-/m0/s1. The number of aryl methyl sites for hydroxylation is 1. The molecule has 1 aliphatic carbocycles. The van der Waals surface area contributed by atoms with Crippen LogP contribution >= 0.6 is 0 Å². The van der Waals surface area contributed by atoms with Crippen molar-refractivity contribution in [2.45, 2.75) is 51.6 Å². The Kier molecular flexibility index (Phi) is 7.70. The summed E-state index contributed by atoms with van der Waals surface area (Å²) in [4.78, 5) is 37.6. The van der Waals surface area contributed by atoms with E-state index in [1.807, 2.05) is 24.3 Å². The Bertz CT molecular complexity index is 1190. The van der Waals surface area contributed by atoms with E-state index in [1.54, 1.807) is 38.2 Å². The molecule has 0 bridgehead atoms. The molecule has 0 saturated heterocycles. The van der Waals surface area contributed by atoms with Crippen LogP contribution in [0.2, 0.25) is 0 Å². The van der Waals surface area contributed by atoms with Gasteiger partial charge in [0.1, 0.15) is 17.6 Å². The van der Waals surface area contributed by atoms with Gasteiger partial charge in [-0.15, -0.1) is 0 Å². The highest BCUT2D eigenvalue weighted by molar-refractivity contribution is 5.96. The summed E-state index contributed by atoms with van der Waals surface area (Å²) in [5.74, 6) is 0.863. The van der Waals surface area contributed by atoms with Gasteiger partial charge in [-0.2, -0.15) is 0 Å². The van der Waals surface area contributed by atoms with Crippen LogP contribution in [0, 0.1) is 12.8 Å². The fraction of sp³-hybridized carbons (Fsp3) is 0.370. The van der Waals surface area contributed by atoms with Crippen LogP contribution in [-0.2, 0) is 11.3 Å². The largest absolute Gasteiger partial charge is 0.456 e. The summed E-state index contributed by atoms with van der Waals surface area (Å²) >= 11 is 0. The minimum absolute atomic E-state index is 0.124. The number of hydrogen-bond acceptors (Lipinski definition) is 5. The Morgan fingerprint density at radius 2 is 1.69 bits per heavy atom. The van der Waals surface area contributed by atoms with Crippen molar-refractivity contribution in [3.05, 3.63) is 71.4 Å². The van der Waals surface area contributed by atoms with Crippen molar-refractivity contribution in [3.8, 4) is 11.3 Å². The van der Waals surface area contributed by atoms with E-state index < -0.39 is 11.9 Å². The Hall–Kier alpha value is -3.81. The number of carbonyl (C=O) groups excluding carboxylic acids is 3. The molecule has 3 N–H and O–H groups in total. The first-order chi connectivity index (χ1) is 16.9. The monoisotopic (exact) mass is 477 g/mol. The molecule has 1 aliphatic rings. The van der Waals surface area contributed by atoms with Gasteiger partial charge in [-0.05, 0) is 61.6 Å². The van der Waals surface area contributed by atoms with Crippen LogP contribution in [0.1, 0.15) is 64.5 Å². The first kappa shape index (κ1) is 24.3. The topological polar surface area (TPSA) is 114 Å². The van der Waals surface area contributed by atoms with Crippen LogP contribution in [-0.4, -0.2) is 30.8 Å². The summed E-state index contributed by atoms with van der Waals surface area (Å²) in [6, 6.07) is 13.7. The van der Waals surface area contributed by atoms with E-state index in [2.05, 4.69) is 16.0 Å². The van der Waals surface area contributed by atoms with Gasteiger partial charge >= 0.3 is 0 Å². The maximum absolute atomic E-state index is 12.9. The normalized spacial score (nSPS) is 14.8. The van der Waals surface area contributed by atoms with Gasteiger partial charge in [0.05, 0.1) is 0 Å². The molecule has 0 radical (unpaired) electrons. The zero-order valence-corrected chi connectivity index (χ0v) is 20.1. The van der Waals surface area contributed by atoms with Crippen LogP contribution in [0.5, 0.6) is 0 Å². The minimum atomic E-state index is -0.578. The van der Waals surface area contributed by atoms with Crippen molar-refractivity contribution in [1.82, 2.24) is 16.0 Å². The molecule has 2 aromatic heterocycles. The van der Waals surface area contributed by atoms with Gasteiger partial charge in [-0.25, -0.2) is 0 Å². The van der Waals surface area contributed by atoms with E-state index in [0.717, 1.165) is 43.2 Å². The van der Waals surface area contributed by atoms with Crippen LogP contribution in [0.15, 0.2) is 57.4 Å². The fourth-order valence-electron chi connectivity index (χ4n) is 4.51. The van der Waals surface area contributed by atoms with Gasteiger partial charge < -0.3 is 24.8 Å². The number of nitrogens with one attached hydrogen (secondary N) is 3. The Labute approximate surface area is 204 Å². The van der Waals surface area contributed by atoms with E-state index in [4.69, 9.17) is 8.83 Å². The Morgan fingerprint density at radius 1 is 0.943 bits per heavy atom.